The molecule has 0 heterocycles. The van der Waals surface area contributed by atoms with E-state index in [2.05, 4.69) is 0 Å². The molecule has 0 spiro atoms. The Morgan fingerprint density at radius 3 is 0.824 bits per heavy atom. The van der Waals surface area contributed by atoms with Crippen molar-refractivity contribution in [2.24, 2.45) is 10.8 Å². The van der Waals surface area contributed by atoms with E-state index in [1.807, 2.05) is 41.5 Å². The molecule has 0 aromatic carbocycles. The Morgan fingerprint density at radius 2 is 0.824 bits per heavy atom. The number of Topliss-reactive ketones (excluding diaryl/α,β-unsaturated/α-hetero) is 2. The fraction of sp³-hybridized carbons (Fsp3) is 0.833. The van der Waals surface area contributed by atoms with Crippen molar-refractivity contribution in [3.63, 3.8) is 0 Å². The molecule has 0 unspecified atom stereocenters. The van der Waals surface area contributed by atoms with Crippen molar-refractivity contribution in [1.82, 2.24) is 0 Å². The van der Waals surface area contributed by atoms with Crippen LogP contribution in [0.5, 0.6) is 0 Å². The summed E-state index contributed by atoms with van der Waals surface area (Å²) in [6.45, 7) is 14.7. The van der Waals surface area contributed by atoms with Crippen molar-refractivity contribution in [2.45, 2.75) is 55.4 Å². The molecular weight excluding hydrogens is 219 g/mol. The lowest BCUT2D eigenvalue weighted by Crippen LogP contribution is -2.15. The van der Waals surface area contributed by atoms with Gasteiger partial charge in [0.1, 0.15) is 11.6 Å². The molecule has 0 atom stereocenters. The lowest BCUT2D eigenvalue weighted by Gasteiger charge is -2.11. The fourth-order valence-electron chi connectivity index (χ4n) is 0. The Balaban J connectivity index is -0.000000188. The molecule has 0 amide bonds. The summed E-state index contributed by atoms with van der Waals surface area (Å²) >= 11 is 0. The van der Waals surface area contributed by atoms with Gasteiger partial charge in [-0.2, -0.15) is 0 Å². The van der Waals surface area contributed by atoms with Crippen molar-refractivity contribution in [1.29, 1.82) is 0 Å². The first-order valence-corrected chi connectivity index (χ1v) is 5.54. The third-order valence-corrected chi connectivity index (χ3v) is 2.11. The third kappa shape index (κ3) is 21.2. The van der Waals surface area contributed by atoms with E-state index in [1.165, 1.54) is 0 Å². The molecule has 0 saturated carbocycles. The molecule has 0 fully saturated rings. The van der Waals surface area contributed by atoms with E-state index in [0.29, 0.717) is 0 Å². The van der Waals surface area contributed by atoms with Gasteiger partial charge in [0.15, 0.2) is 0 Å². The van der Waals surface area contributed by atoms with Gasteiger partial charge in [-0.1, -0.05) is 41.5 Å². The summed E-state index contributed by atoms with van der Waals surface area (Å²) in [5.74, 6) is 0.486. The lowest BCUT2D eigenvalue weighted by atomic mass is 9.92. The zero-order valence-electron chi connectivity index (χ0n) is 12.4. The van der Waals surface area contributed by atoms with Gasteiger partial charge in [0, 0.05) is 10.8 Å². The highest BCUT2D eigenvalue weighted by Gasteiger charge is 2.15. The normalized spacial score (nSPS) is 10.2. The van der Waals surface area contributed by atoms with E-state index >= 15 is 0 Å². The molecule has 0 aliphatic heterocycles. The molecule has 0 saturated heterocycles. The van der Waals surface area contributed by atoms with Crippen LogP contribution in [0.4, 0.5) is 0 Å². The molecule has 17 heavy (non-hydrogen) atoms. The van der Waals surface area contributed by atoms with Crippen LogP contribution in [0.25, 0.3) is 0 Å². The average molecular weight is 246 g/mol. The van der Waals surface area contributed by atoms with Crippen LogP contribution in [0.3, 0.4) is 0 Å². The van der Waals surface area contributed by atoms with Gasteiger partial charge in [-0.3, -0.25) is 9.59 Å². The molecule has 0 bridgehead atoms. The molecule has 102 valence electrons. The summed E-state index contributed by atoms with van der Waals surface area (Å²) in [6.07, 6.45) is 0. The second-order valence-electron chi connectivity index (χ2n) is 5.75. The SMILES string of the molecule is CC(=O)C(C)(C)C.CC(=O)C(C)(C)C.OBO. The second kappa shape index (κ2) is 9.36. The molecule has 0 aromatic rings. The molecule has 0 aliphatic rings. The highest BCUT2D eigenvalue weighted by atomic mass is 16.4. The van der Waals surface area contributed by atoms with Crippen LogP contribution in [0, 0.1) is 10.8 Å². The van der Waals surface area contributed by atoms with Gasteiger partial charge in [-0.15, -0.1) is 0 Å². The van der Waals surface area contributed by atoms with Gasteiger partial charge in [0.2, 0.25) is 0 Å². The van der Waals surface area contributed by atoms with Gasteiger partial charge in [-0.25, -0.2) is 0 Å². The summed E-state index contributed by atoms with van der Waals surface area (Å²) in [7, 11) is -0.750. The van der Waals surface area contributed by atoms with Crippen LogP contribution in [-0.4, -0.2) is 29.3 Å². The summed E-state index contributed by atoms with van der Waals surface area (Å²) in [5, 5.41) is 14.2. The second-order valence-corrected chi connectivity index (χ2v) is 5.75. The van der Waals surface area contributed by atoms with Crippen molar-refractivity contribution >= 4 is 19.3 Å². The van der Waals surface area contributed by atoms with Crippen molar-refractivity contribution < 1.29 is 19.6 Å². The van der Waals surface area contributed by atoms with Crippen molar-refractivity contribution in [3.05, 3.63) is 0 Å². The predicted octanol–water partition coefficient (Wildman–Crippen LogP) is 1.48. The van der Waals surface area contributed by atoms with Crippen LogP contribution in [0.2, 0.25) is 0 Å². The quantitative estimate of drug-likeness (QED) is 0.635. The van der Waals surface area contributed by atoms with Crippen LogP contribution in [0.15, 0.2) is 0 Å². The van der Waals surface area contributed by atoms with Crippen molar-refractivity contribution in [3.8, 4) is 0 Å². The molecule has 4 nitrogen and oxygen atoms in total. The molecule has 2 N–H and O–H groups in total. The zero-order chi connectivity index (χ0) is 14.9. The fourth-order valence-corrected chi connectivity index (χ4v) is 0. The maximum Gasteiger partial charge on any atom is 0.432 e. The number of hydrogen-bond donors (Lipinski definition) is 2. The Labute approximate surface area is 106 Å². The van der Waals surface area contributed by atoms with E-state index in [1.54, 1.807) is 13.8 Å². The Hall–Kier alpha value is -0.675. The van der Waals surface area contributed by atoms with E-state index in [9.17, 15) is 9.59 Å². The zero-order valence-corrected chi connectivity index (χ0v) is 12.4. The van der Waals surface area contributed by atoms with Gasteiger partial charge in [0.25, 0.3) is 0 Å². The van der Waals surface area contributed by atoms with Crippen LogP contribution >= 0.6 is 0 Å². The number of carbonyl (C=O) groups excluding carboxylic acids is 2. The highest BCUT2D eigenvalue weighted by molar-refractivity contribution is 6.13. The van der Waals surface area contributed by atoms with Gasteiger partial charge < -0.3 is 10.0 Å². The summed E-state index contributed by atoms with van der Waals surface area (Å²) < 4.78 is 0. The first-order valence-electron chi connectivity index (χ1n) is 5.54. The molecule has 0 radical (unpaired) electrons. The Bertz CT molecular complexity index is 200. The van der Waals surface area contributed by atoms with E-state index in [0.717, 1.165) is 0 Å². The largest absolute Gasteiger partial charge is 0.432 e. The van der Waals surface area contributed by atoms with Gasteiger partial charge in [-0.05, 0) is 13.8 Å². The maximum atomic E-state index is 10.5. The first kappa shape index (κ1) is 21.6. The lowest BCUT2D eigenvalue weighted by molar-refractivity contribution is -0.124. The number of carbonyl (C=O) groups is 2. The van der Waals surface area contributed by atoms with E-state index in [4.69, 9.17) is 10.0 Å². The minimum atomic E-state index is -0.750. The average Bonchev–Trinajstić information content (AvgIpc) is 2.02. The molecule has 0 aliphatic carbocycles. The monoisotopic (exact) mass is 246 g/mol. The van der Waals surface area contributed by atoms with Crippen LogP contribution < -0.4 is 0 Å². The molecular formula is C12H27BO4. The van der Waals surface area contributed by atoms with Gasteiger partial charge in [0.05, 0.1) is 0 Å². The topological polar surface area (TPSA) is 74.6 Å². The van der Waals surface area contributed by atoms with Crippen molar-refractivity contribution in [2.75, 3.05) is 0 Å². The minimum absolute atomic E-state index is 0.139. The van der Waals surface area contributed by atoms with Gasteiger partial charge >= 0.3 is 7.69 Å². The standard InChI is InChI=1S/2C6H12O.BH3O2/c2*1-5(7)6(2,3)4;2-1-3/h2*1-4H3;1-3H. The first-order chi connectivity index (χ1) is 7.30. The predicted molar refractivity (Wildman–Crippen MR) is 71.9 cm³/mol. The summed E-state index contributed by atoms with van der Waals surface area (Å²) in [6, 6.07) is 0. The summed E-state index contributed by atoms with van der Waals surface area (Å²) in [4.78, 5) is 20.9. The number of rotatable bonds is 0. The third-order valence-electron chi connectivity index (χ3n) is 2.11. The van der Waals surface area contributed by atoms with Crippen LogP contribution in [0.1, 0.15) is 55.4 Å². The molecule has 0 rings (SSSR count). The Kier molecular flexibility index (Phi) is 11.9. The number of hydrogen-bond acceptors (Lipinski definition) is 4. The van der Waals surface area contributed by atoms with E-state index < -0.39 is 7.69 Å². The minimum Gasteiger partial charge on any atom is -0.430 e. The van der Waals surface area contributed by atoms with Crippen LogP contribution in [-0.2, 0) is 9.59 Å². The highest BCUT2D eigenvalue weighted by Crippen LogP contribution is 2.13. The Morgan fingerprint density at radius 1 is 0.765 bits per heavy atom. The number of ketones is 2. The molecule has 5 heteroatoms. The molecule has 0 aromatic heterocycles. The van der Waals surface area contributed by atoms with E-state index in [-0.39, 0.29) is 22.4 Å². The smallest absolute Gasteiger partial charge is 0.430 e. The summed E-state index contributed by atoms with van der Waals surface area (Å²) in [5.41, 5.74) is -0.278. The maximum absolute atomic E-state index is 10.5.